The van der Waals surface area contributed by atoms with Crippen molar-refractivity contribution in [3.05, 3.63) is 35.9 Å². The van der Waals surface area contributed by atoms with Crippen molar-refractivity contribution in [1.29, 1.82) is 0 Å². The Bertz CT molecular complexity index is 445. The van der Waals surface area contributed by atoms with Crippen LogP contribution in [0.25, 0.3) is 0 Å². The molecule has 110 valence electrons. The third-order valence-corrected chi connectivity index (χ3v) is 6.10. The van der Waals surface area contributed by atoms with E-state index in [2.05, 4.69) is 56.4 Å². The highest BCUT2D eigenvalue weighted by atomic mass is 15.0. The summed E-state index contributed by atoms with van der Waals surface area (Å²) in [5.41, 5.74) is 2.51. The molecule has 0 aliphatic heterocycles. The molecule has 20 heavy (non-hydrogen) atoms. The highest BCUT2D eigenvalue weighted by Gasteiger charge is 2.58. The zero-order valence-corrected chi connectivity index (χ0v) is 13.3. The minimum atomic E-state index is 0.486. The molecule has 2 fully saturated rings. The molecule has 1 aromatic carbocycles. The number of hydrogen-bond donors (Lipinski definition) is 1. The number of aryl methyl sites for hydroxylation is 1. The van der Waals surface area contributed by atoms with E-state index < -0.39 is 0 Å². The van der Waals surface area contributed by atoms with E-state index in [0.29, 0.717) is 16.9 Å². The maximum atomic E-state index is 3.91. The van der Waals surface area contributed by atoms with Crippen molar-refractivity contribution >= 4 is 0 Å². The molecule has 2 saturated carbocycles. The zero-order chi connectivity index (χ0) is 14.2. The van der Waals surface area contributed by atoms with Crippen molar-refractivity contribution in [2.24, 2.45) is 16.7 Å². The molecular formula is C19H29N. The molecule has 3 unspecified atom stereocenters. The summed E-state index contributed by atoms with van der Waals surface area (Å²) in [4.78, 5) is 0. The maximum Gasteiger partial charge on any atom is 0.0175 e. The summed E-state index contributed by atoms with van der Waals surface area (Å²) < 4.78 is 0. The van der Waals surface area contributed by atoms with Crippen molar-refractivity contribution < 1.29 is 0 Å². The molecule has 3 atom stereocenters. The first-order chi connectivity index (χ1) is 9.52. The second kappa shape index (κ2) is 5.18. The molecule has 0 aromatic heterocycles. The van der Waals surface area contributed by atoms with E-state index >= 15 is 0 Å². The molecule has 2 aliphatic carbocycles. The third kappa shape index (κ3) is 2.41. The molecule has 1 N–H and O–H groups in total. The van der Waals surface area contributed by atoms with Gasteiger partial charge in [-0.05, 0) is 61.0 Å². The highest BCUT2D eigenvalue weighted by Crippen LogP contribution is 2.62. The number of benzene rings is 1. The van der Waals surface area contributed by atoms with Gasteiger partial charge in [-0.1, -0.05) is 51.1 Å². The van der Waals surface area contributed by atoms with E-state index in [1.165, 1.54) is 37.7 Å². The Labute approximate surface area is 124 Å². The van der Waals surface area contributed by atoms with E-state index in [1.807, 2.05) is 0 Å². The monoisotopic (exact) mass is 271 g/mol. The quantitative estimate of drug-likeness (QED) is 0.782. The first kappa shape index (κ1) is 14.1. The molecule has 3 rings (SSSR count). The summed E-state index contributed by atoms with van der Waals surface area (Å²) in [7, 11) is 0. The van der Waals surface area contributed by atoms with Gasteiger partial charge in [0.25, 0.3) is 0 Å². The van der Waals surface area contributed by atoms with E-state index in [9.17, 15) is 0 Å². The summed E-state index contributed by atoms with van der Waals surface area (Å²) in [6, 6.07) is 11.6. The van der Waals surface area contributed by atoms with Crippen molar-refractivity contribution in [1.82, 2.24) is 5.32 Å². The predicted molar refractivity (Wildman–Crippen MR) is 85.8 cm³/mol. The van der Waals surface area contributed by atoms with Crippen molar-refractivity contribution in [2.75, 3.05) is 6.54 Å². The lowest BCUT2D eigenvalue weighted by molar-refractivity contribution is 0.109. The van der Waals surface area contributed by atoms with Gasteiger partial charge in [-0.15, -0.1) is 0 Å². The lowest BCUT2D eigenvalue weighted by Gasteiger charge is -2.43. The van der Waals surface area contributed by atoms with Crippen LogP contribution in [0.15, 0.2) is 30.3 Å². The fourth-order valence-corrected chi connectivity index (χ4v) is 5.00. The second-order valence-corrected chi connectivity index (χ2v) is 7.89. The molecule has 2 aliphatic rings. The molecule has 0 saturated heterocycles. The molecule has 0 radical (unpaired) electrons. The molecule has 0 heterocycles. The van der Waals surface area contributed by atoms with E-state index in [-0.39, 0.29) is 0 Å². The zero-order valence-electron chi connectivity index (χ0n) is 13.3. The maximum absolute atomic E-state index is 3.91. The van der Waals surface area contributed by atoms with Gasteiger partial charge in [0.05, 0.1) is 0 Å². The van der Waals surface area contributed by atoms with Crippen LogP contribution in [0.3, 0.4) is 0 Å². The SMILES string of the molecule is CC12CCC(C1)C(C)(C)C2NCCCc1ccccc1. The minimum absolute atomic E-state index is 0.486. The van der Waals surface area contributed by atoms with Crippen LogP contribution in [0.2, 0.25) is 0 Å². The van der Waals surface area contributed by atoms with E-state index in [1.54, 1.807) is 0 Å². The van der Waals surface area contributed by atoms with Gasteiger partial charge in [0.1, 0.15) is 0 Å². The van der Waals surface area contributed by atoms with Crippen LogP contribution >= 0.6 is 0 Å². The summed E-state index contributed by atoms with van der Waals surface area (Å²) in [5, 5.41) is 3.91. The van der Waals surface area contributed by atoms with Crippen molar-refractivity contribution in [3.8, 4) is 0 Å². The Morgan fingerprint density at radius 1 is 1.15 bits per heavy atom. The molecule has 0 amide bonds. The first-order valence-electron chi connectivity index (χ1n) is 8.30. The van der Waals surface area contributed by atoms with Gasteiger partial charge in [0.15, 0.2) is 0 Å². The van der Waals surface area contributed by atoms with Crippen LogP contribution in [-0.2, 0) is 6.42 Å². The number of fused-ring (bicyclic) bond motifs is 2. The summed E-state index contributed by atoms with van der Waals surface area (Å²) >= 11 is 0. The number of rotatable bonds is 5. The van der Waals surface area contributed by atoms with Gasteiger partial charge in [-0.25, -0.2) is 0 Å². The van der Waals surface area contributed by atoms with Crippen LogP contribution in [0.1, 0.15) is 52.0 Å². The Kier molecular flexibility index (Phi) is 3.66. The van der Waals surface area contributed by atoms with Crippen LogP contribution < -0.4 is 5.32 Å². The standard InChI is InChI=1S/C19H29N/c1-18(2)16-11-12-19(3,14-16)17(18)20-13-7-10-15-8-5-4-6-9-15/h4-6,8-9,16-17,20H,7,10-14H2,1-3H3. The Balaban J connectivity index is 1.51. The molecule has 2 bridgehead atoms. The highest BCUT2D eigenvalue weighted by molar-refractivity contribution is 5.15. The fourth-order valence-electron chi connectivity index (χ4n) is 5.00. The fraction of sp³-hybridized carbons (Fsp3) is 0.684. The molecule has 1 aromatic rings. The van der Waals surface area contributed by atoms with Crippen LogP contribution in [0, 0.1) is 16.7 Å². The van der Waals surface area contributed by atoms with Gasteiger partial charge >= 0.3 is 0 Å². The number of hydrogen-bond acceptors (Lipinski definition) is 1. The molecule has 1 heteroatoms. The largest absolute Gasteiger partial charge is 0.313 e. The van der Waals surface area contributed by atoms with Crippen molar-refractivity contribution in [2.45, 2.75) is 58.9 Å². The number of nitrogens with one attached hydrogen (secondary N) is 1. The lowest BCUT2D eigenvalue weighted by Crippen LogP contribution is -2.50. The van der Waals surface area contributed by atoms with Gasteiger partial charge in [0, 0.05) is 6.04 Å². The topological polar surface area (TPSA) is 12.0 Å². The van der Waals surface area contributed by atoms with Gasteiger partial charge in [-0.2, -0.15) is 0 Å². The van der Waals surface area contributed by atoms with E-state index in [0.717, 1.165) is 12.5 Å². The second-order valence-electron chi connectivity index (χ2n) is 7.89. The lowest BCUT2D eigenvalue weighted by atomic mass is 9.68. The van der Waals surface area contributed by atoms with Crippen LogP contribution in [-0.4, -0.2) is 12.6 Å². The Morgan fingerprint density at radius 3 is 2.55 bits per heavy atom. The average molecular weight is 271 g/mol. The van der Waals surface area contributed by atoms with Crippen LogP contribution in [0.5, 0.6) is 0 Å². The summed E-state index contributed by atoms with van der Waals surface area (Å²) in [6.07, 6.45) is 6.76. The van der Waals surface area contributed by atoms with Gasteiger partial charge in [-0.3, -0.25) is 0 Å². The minimum Gasteiger partial charge on any atom is -0.313 e. The van der Waals surface area contributed by atoms with Gasteiger partial charge < -0.3 is 5.32 Å². The first-order valence-corrected chi connectivity index (χ1v) is 8.30. The average Bonchev–Trinajstić information content (AvgIpc) is 2.90. The summed E-state index contributed by atoms with van der Waals surface area (Å²) in [5.74, 6) is 0.944. The molecule has 1 nitrogen and oxygen atoms in total. The van der Waals surface area contributed by atoms with Gasteiger partial charge in [0.2, 0.25) is 0 Å². The molecular weight excluding hydrogens is 242 g/mol. The smallest absolute Gasteiger partial charge is 0.0175 e. The van der Waals surface area contributed by atoms with E-state index in [4.69, 9.17) is 0 Å². The third-order valence-electron chi connectivity index (χ3n) is 6.10. The Morgan fingerprint density at radius 2 is 1.90 bits per heavy atom. The predicted octanol–water partition coefficient (Wildman–Crippen LogP) is 4.42. The normalized spacial score (nSPS) is 34.5. The van der Waals surface area contributed by atoms with Crippen LogP contribution in [0.4, 0.5) is 0 Å². The Hall–Kier alpha value is -0.820. The van der Waals surface area contributed by atoms with Crippen molar-refractivity contribution in [3.63, 3.8) is 0 Å². The molecule has 0 spiro atoms. The summed E-state index contributed by atoms with van der Waals surface area (Å²) in [6.45, 7) is 8.63.